The maximum absolute atomic E-state index is 13.0. The van der Waals surface area contributed by atoms with Crippen LogP contribution in [0.15, 0.2) is 48.8 Å². The van der Waals surface area contributed by atoms with Crippen LogP contribution in [0.1, 0.15) is 30.5 Å². The molecule has 0 radical (unpaired) electrons. The molecule has 1 amide bonds. The van der Waals surface area contributed by atoms with Gasteiger partial charge in [0.2, 0.25) is 5.91 Å². The van der Waals surface area contributed by atoms with Gasteiger partial charge in [0.15, 0.2) is 0 Å². The topological polar surface area (TPSA) is 42.0 Å². The number of pyridine rings is 1. The summed E-state index contributed by atoms with van der Waals surface area (Å²) < 4.78 is 13.0. The van der Waals surface area contributed by atoms with E-state index in [9.17, 15) is 9.18 Å². The van der Waals surface area contributed by atoms with E-state index in [1.807, 2.05) is 25.1 Å². The van der Waals surface area contributed by atoms with Crippen LogP contribution < -0.4 is 5.32 Å². The fourth-order valence-electron chi connectivity index (χ4n) is 2.00. The maximum atomic E-state index is 13.0. The molecule has 1 unspecified atom stereocenters. The minimum absolute atomic E-state index is 0.0430. The number of halogens is 1. The van der Waals surface area contributed by atoms with E-state index in [1.54, 1.807) is 18.5 Å². The minimum atomic E-state index is -0.270. The Morgan fingerprint density at radius 3 is 2.75 bits per heavy atom. The van der Waals surface area contributed by atoms with Gasteiger partial charge in [-0.3, -0.25) is 9.78 Å². The van der Waals surface area contributed by atoms with Crippen LogP contribution in [0.2, 0.25) is 0 Å². The molecule has 0 saturated carbocycles. The summed E-state index contributed by atoms with van der Waals surface area (Å²) in [7, 11) is 0. The molecule has 1 atom stereocenters. The smallest absolute Gasteiger partial charge is 0.220 e. The molecule has 0 aliphatic heterocycles. The van der Waals surface area contributed by atoms with Crippen LogP contribution in [0.25, 0.3) is 0 Å². The number of nitrogens with zero attached hydrogens (tertiary/aromatic N) is 1. The van der Waals surface area contributed by atoms with Crippen molar-refractivity contribution < 1.29 is 9.18 Å². The van der Waals surface area contributed by atoms with Gasteiger partial charge in [-0.15, -0.1) is 0 Å². The standard InChI is InChI=1S/C16H17FN2O/c1-12(14-7-9-18-10-8-14)19-16(20)6-5-13-3-2-4-15(17)11-13/h2-4,7-12H,5-6H2,1H3,(H,19,20). The van der Waals surface area contributed by atoms with Crippen LogP contribution in [-0.2, 0) is 11.2 Å². The monoisotopic (exact) mass is 272 g/mol. The highest BCUT2D eigenvalue weighted by atomic mass is 19.1. The van der Waals surface area contributed by atoms with E-state index < -0.39 is 0 Å². The molecule has 20 heavy (non-hydrogen) atoms. The summed E-state index contributed by atoms with van der Waals surface area (Å²) in [6.45, 7) is 1.93. The van der Waals surface area contributed by atoms with Crippen molar-refractivity contribution in [1.29, 1.82) is 0 Å². The van der Waals surface area contributed by atoms with Gasteiger partial charge in [0, 0.05) is 18.8 Å². The second kappa shape index (κ2) is 6.80. The quantitative estimate of drug-likeness (QED) is 0.909. The highest BCUT2D eigenvalue weighted by Gasteiger charge is 2.09. The molecule has 1 N–H and O–H groups in total. The largest absolute Gasteiger partial charge is 0.350 e. The molecule has 4 heteroatoms. The van der Waals surface area contributed by atoms with Crippen molar-refractivity contribution in [3.8, 4) is 0 Å². The molecule has 0 spiro atoms. The third-order valence-corrected chi connectivity index (χ3v) is 3.11. The number of nitrogens with one attached hydrogen (secondary N) is 1. The summed E-state index contributed by atoms with van der Waals surface area (Å²) in [4.78, 5) is 15.8. The van der Waals surface area contributed by atoms with Crippen LogP contribution in [0.3, 0.4) is 0 Å². The first-order chi connectivity index (χ1) is 9.65. The molecule has 2 rings (SSSR count). The van der Waals surface area contributed by atoms with Gasteiger partial charge in [-0.1, -0.05) is 12.1 Å². The summed E-state index contributed by atoms with van der Waals surface area (Å²) >= 11 is 0. The maximum Gasteiger partial charge on any atom is 0.220 e. The number of hydrogen-bond donors (Lipinski definition) is 1. The fraction of sp³-hybridized carbons (Fsp3) is 0.250. The van der Waals surface area contributed by atoms with Crippen molar-refractivity contribution in [2.24, 2.45) is 0 Å². The molecule has 1 heterocycles. The summed E-state index contributed by atoms with van der Waals surface area (Å²) in [5, 5.41) is 2.92. The molecule has 3 nitrogen and oxygen atoms in total. The Hall–Kier alpha value is -2.23. The first kappa shape index (κ1) is 14.2. The molecule has 1 aromatic carbocycles. The minimum Gasteiger partial charge on any atom is -0.350 e. The molecule has 0 saturated heterocycles. The molecule has 0 aliphatic carbocycles. The zero-order chi connectivity index (χ0) is 14.4. The van der Waals surface area contributed by atoms with Crippen LogP contribution >= 0.6 is 0 Å². The summed E-state index contributed by atoms with van der Waals surface area (Å²) in [5.41, 5.74) is 1.84. The molecular formula is C16H17FN2O. The Morgan fingerprint density at radius 2 is 2.05 bits per heavy atom. The Bertz CT molecular complexity index is 572. The van der Waals surface area contributed by atoms with E-state index >= 15 is 0 Å². The Balaban J connectivity index is 1.84. The Morgan fingerprint density at radius 1 is 1.30 bits per heavy atom. The van der Waals surface area contributed by atoms with Gasteiger partial charge >= 0.3 is 0 Å². The highest BCUT2D eigenvalue weighted by Crippen LogP contribution is 2.11. The van der Waals surface area contributed by atoms with Crippen molar-refractivity contribution in [2.45, 2.75) is 25.8 Å². The van der Waals surface area contributed by atoms with E-state index in [1.165, 1.54) is 12.1 Å². The Labute approximate surface area is 117 Å². The van der Waals surface area contributed by atoms with Crippen molar-refractivity contribution in [2.75, 3.05) is 0 Å². The van der Waals surface area contributed by atoms with Crippen LogP contribution in [0, 0.1) is 5.82 Å². The molecule has 0 bridgehead atoms. The lowest BCUT2D eigenvalue weighted by Gasteiger charge is -2.14. The molecular weight excluding hydrogens is 255 g/mol. The first-order valence-electron chi connectivity index (χ1n) is 6.59. The third-order valence-electron chi connectivity index (χ3n) is 3.11. The lowest BCUT2D eigenvalue weighted by Crippen LogP contribution is -2.26. The van der Waals surface area contributed by atoms with Gasteiger partial charge < -0.3 is 5.32 Å². The normalized spacial score (nSPS) is 11.9. The Kier molecular flexibility index (Phi) is 4.82. The van der Waals surface area contributed by atoms with E-state index in [-0.39, 0.29) is 17.8 Å². The molecule has 0 aliphatic rings. The van der Waals surface area contributed by atoms with Crippen LogP contribution in [0.4, 0.5) is 4.39 Å². The van der Waals surface area contributed by atoms with Gasteiger partial charge in [0.1, 0.15) is 5.82 Å². The summed E-state index contributed by atoms with van der Waals surface area (Å²) in [5.74, 6) is -0.313. The molecule has 104 valence electrons. The van der Waals surface area contributed by atoms with Gasteiger partial charge in [-0.2, -0.15) is 0 Å². The van der Waals surface area contributed by atoms with E-state index in [4.69, 9.17) is 0 Å². The average molecular weight is 272 g/mol. The number of carbonyl (C=O) groups is 1. The second-order valence-corrected chi connectivity index (χ2v) is 4.70. The number of rotatable bonds is 5. The van der Waals surface area contributed by atoms with E-state index in [0.717, 1.165) is 11.1 Å². The third kappa shape index (κ3) is 4.16. The van der Waals surface area contributed by atoms with Crippen molar-refractivity contribution in [3.05, 3.63) is 65.7 Å². The van der Waals surface area contributed by atoms with E-state index in [0.29, 0.717) is 12.8 Å². The lowest BCUT2D eigenvalue weighted by molar-refractivity contribution is -0.121. The predicted octanol–water partition coefficient (Wildman–Crippen LogP) is 3.03. The fourth-order valence-corrected chi connectivity index (χ4v) is 2.00. The average Bonchev–Trinajstić information content (AvgIpc) is 2.46. The molecule has 0 fully saturated rings. The number of aryl methyl sites for hydroxylation is 1. The zero-order valence-electron chi connectivity index (χ0n) is 11.3. The summed E-state index contributed by atoms with van der Waals surface area (Å²) in [6, 6.07) is 10.0. The number of aromatic nitrogens is 1. The SMILES string of the molecule is CC(NC(=O)CCc1cccc(F)c1)c1ccncc1. The number of amides is 1. The lowest BCUT2D eigenvalue weighted by atomic mass is 10.1. The van der Waals surface area contributed by atoms with Crippen LogP contribution in [-0.4, -0.2) is 10.9 Å². The van der Waals surface area contributed by atoms with Crippen molar-refractivity contribution in [1.82, 2.24) is 10.3 Å². The zero-order valence-corrected chi connectivity index (χ0v) is 11.3. The van der Waals surface area contributed by atoms with Gasteiger partial charge in [0.05, 0.1) is 6.04 Å². The number of carbonyl (C=O) groups excluding carboxylic acids is 1. The van der Waals surface area contributed by atoms with Crippen LogP contribution in [0.5, 0.6) is 0 Å². The predicted molar refractivity (Wildman–Crippen MR) is 75.5 cm³/mol. The highest BCUT2D eigenvalue weighted by molar-refractivity contribution is 5.76. The van der Waals surface area contributed by atoms with Gasteiger partial charge in [-0.05, 0) is 48.7 Å². The van der Waals surface area contributed by atoms with Crippen molar-refractivity contribution >= 4 is 5.91 Å². The van der Waals surface area contributed by atoms with Gasteiger partial charge in [-0.25, -0.2) is 4.39 Å². The second-order valence-electron chi connectivity index (χ2n) is 4.70. The molecule has 2 aromatic rings. The molecule has 1 aromatic heterocycles. The van der Waals surface area contributed by atoms with Gasteiger partial charge in [0.25, 0.3) is 0 Å². The number of benzene rings is 1. The van der Waals surface area contributed by atoms with E-state index in [2.05, 4.69) is 10.3 Å². The summed E-state index contributed by atoms with van der Waals surface area (Å²) in [6.07, 6.45) is 4.28. The first-order valence-corrected chi connectivity index (χ1v) is 6.59. The number of hydrogen-bond acceptors (Lipinski definition) is 2. The van der Waals surface area contributed by atoms with Crippen molar-refractivity contribution in [3.63, 3.8) is 0 Å².